The summed E-state index contributed by atoms with van der Waals surface area (Å²) in [6.45, 7) is 4.11. The molecular weight excluding hydrogens is 399 g/mol. The number of alkyl halides is 3. The number of rotatable bonds is 3. The maximum absolute atomic E-state index is 12.3. The van der Waals surface area contributed by atoms with Gasteiger partial charge in [0, 0.05) is 25.9 Å². The van der Waals surface area contributed by atoms with Crippen molar-refractivity contribution in [3.05, 3.63) is 59.4 Å². The summed E-state index contributed by atoms with van der Waals surface area (Å²) in [7, 11) is 3.56. The molecule has 1 amide bonds. The van der Waals surface area contributed by atoms with Gasteiger partial charge in [0.15, 0.2) is 0 Å². The second-order valence-corrected chi connectivity index (χ2v) is 6.98. The Morgan fingerprint density at radius 3 is 2.07 bits per heavy atom. The predicted molar refractivity (Wildman–Crippen MR) is 106 cm³/mol. The van der Waals surface area contributed by atoms with Crippen LogP contribution in [0, 0.1) is 13.8 Å². The first-order valence-electron chi connectivity index (χ1n) is 8.95. The van der Waals surface area contributed by atoms with Crippen molar-refractivity contribution in [3.8, 4) is 11.3 Å². The zero-order chi connectivity index (χ0) is 22.6. The van der Waals surface area contributed by atoms with Crippen LogP contribution in [0.2, 0.25) is 0 Å². The Bertz CT molecular complexity index is 1060. The molecular formula is C21H22F3N3O3. The maximum atomic E-state index is 12.3. The molecule has 0 saturated carbocycles. The van der Waals surface area contributed by atoms with Crippen LogP contribution in [0.5, 0.6) is 0 Å². The molecule has 3 aromatic rings. The Balaban J connectivity index is 0.000000396. The van der Waals surface area contributed by atoms with Crippen molar-refractivity contribution < 1.29 is 27.9 Å². The summed E-state index contributed by atoms with van der Waals surface area (Å²) >= 11 is 0. The number of aryl methyl sites for hydroxylation is 2. The Morgan fingerprint density at radius 1 is 1.03 bits per heavy atom. The first-order chi connectivity index (χ1) is 13.9. The van der Waals surface area contributed by atoms with Gasteiger partial charge < -0.3 is 14.4 Å². The molecule has 1 N–H and O–H groups in total. The van der Waals surface area contributed by atoms with E-state index < -0.39 is 12.1 Å². The molecule has 2 aromatic heterocycles. The summed E-state index contributed by atoms with van der Waals surface area (Å²) in [6, 6.07) is 12.3. The molecule has 0 spiro atoms. The van der Waals surface area contributed by atoms with E-state index in [1.54, 1.807) is 19.0 Å². The minimum atomic E-state index is -5.08. The Morgan fingerprint density at radius 2 is 1.57 bits per heavy atom. The average molecular weight is 421 g/mol. The molecule has 0 fully saturated rings. The number of carbonyl (C=O) groups is 2. The minimum absolute atomic E-state index is 0.0710. The molecule has 30 heavy (non-hydrogen) atoms. The largest absolute Gasteiger partial charge is 0.490 e. The van der Waals surface area contributed by atoms with Gasteiger partial charge >= 0.3 is 12.1 Å². The number of carbonyl (C=O) groups excluding carboxylic acids is 1. The van der Waals surface area contributed by atoms with E-state index in [9.17, 15) is 18.0 Å². The van der Waals surface area contributed by atoms with Crippen LogP contribution in [0.25, 0.3) is 16.9 Å². The number of carboxylic acid groups (broad SMARTS) is 1. The average Bonchev–Trinajstić information content (AvgIpc) is 2.99. The van der Waals surface area contributed by atoms with Crippen LogP contribution in [-0.2, 0) is 16.0 Å². The number of imidazole rings is 1. The number of benzene rings is 1. The summed E-state index contributed by atoms with van der Waals surface area (Å²) in [5.74, 6) is -2.69. The lowest BCUT2D eigenvalue weighted by molar-refractivity contribution is -0.192. The summed E-state index contributed by atoms with van der Waals surface area (Å²) in [6.07, 6.45) is -2.71. The number of pyridine rings is 1. The highest BCUT2D eigenvalue weighted by Gasteiger charge is 2.38. The third-order valence-corrected chi connectivity index (χ3v) is 4.25. The van der Waals surface area contributed by atoms with Gasteiger partial charge in [0.25, 0.3) is 0 Å². The van der Waals surface area contributed by atoms with E-state index in [1.807, 2.05) is 29.7 Å². The van der Waals surface area contributed by atoms with E-state index in [0.717, 1.165) is 28.2 Å². The number of likely N-dealkylation sites (N-methyl/N-ethyl adjacent to an activating group) is 1. The van der Waals surface area contributed by atoms with Gasteiger partial charge in [-0.25, -0.2) is 9.78 Å². The minimum Gasteiger partial charge on any atom is -0.475 e. The number of hydrogen-bond donors (Lipinski definition) is 1. The first-order valence-corrected chi connectivity index (χ1v) is 8.95. The van der Waals surface area contributed by atoms with Gasteiger partial charge in [0.2, 0.25) is 5.91 Å². The molecule has 0 aliphatic heterocycles. The van der Waals surface area contributed by atoms with E-state index >= 15 is 0 Å². The molecule has 9 heteroatoms. The Labute approximate surface area is 171 Å². The second-order valence-electron chi connectivity index (χ2n) is 6.98. The molecule has 160 valence electrons. The van der Waals surface area contributed by atoms with Crippen LogP contribution in [0.15, 0.2) is 42.6 Å². The van der Waals surface area contributed by atoms with Gasteiger partial charge in [0.1, 0.15) is 5.65 Å². The van der Waals surface area contributed by atoms with E-state index in [4.69, 9.17) is 14.9 Å². The monoisotopic (exact) mass is 421 g/mol. The van der Waals surface area contributed by atoms with Gasteiger partial charge in [-0.1, -0.05) is 35.9 Å². The van der Waals surface area contributed by atoms with Gasteiger partial charge in [-0.2, -0.15) is 13.2 Å². The molecule has 0 aliphatic rings. The number of nitrogens with zero attached hydrogens (tertiary/aromatic N) is 3. The zero-order valence-electron chi connectivity index (χ0n) is 17.0. The van der Waals surface area contributed by atoms with Crippen molar-refractivity contribution in [2.24, 2.45) is 0 Å². The van der Waals surface area contributed by atoms with E-state index in [1.165, 1.54) is 5.56 Å². The fourth-order valence-electron chi connectivity index (χ4n) is 2.61. The van der Waals surface area contributed by atoms with E-state index in [-0.39, 0.29) is 5.91 Å². The normalized spacial score (nSPS) is 11.0. The molecule has 1 aromatic carbocycles. The van der Waals surface area contributed by atoms with Crippen LogP contribution < -0.4 is 0 Å². The van der Waals surface area contributed by atoms with Gasteiger partial charge in [-0.05, 0) is 25.5 Å². The van der Waals surface area contributed by atoms with Crippen LogP contribution >= 0.6 is 0 Å². The topological polar surface area (TPSA) is 74.9 Å². The first kappa shape index (κ1) is 22.9. The van der Waals surface area contributed by atoms with Crippen LogP contribution in [0.3, 0.4) is 0 Å². The number of halogens is 3. The van der Waals surface area contributed by atoms with E-state index in [2.05, 4.69) is 31.2 Å². The second kappa shape index (κ2) is 8.98. The lowest BCUT2D eigenvalue weighted by Crippen LogP contribution is -2.24. The van der Waals surface area contributed by atoms with Crippen molar-refractivity contribution >= 4 is 17.5 Å². The van der Waals surface area contributed by atoms with Crippen LogP contribution in [0.4, 0.5) is 13.2 Å². The molecule has 0 saturated heterocycles. The lowest BCUT2D eigenvalue weighted by atomic mass is 10.1. The molecule has 0 bridgehead atoms. The van der Waals surface area contributed by atoms with Crippen molar-refractivity contribution in [2.75, 3.05) is 14.1 Å². The van der Waals surface area contributed by atoms with Crippen LogP contribution in [-0.4, -0.2) is 51.5 Å². The van der Waals surface area contributed by atoms with Crippen molar-refractivity contribution in [1.29, 1.82) is 0 Å². The fraction of sp³-hybridized carbons (Fsp3) is 0.286. The number of amides is 1. The Hall–Kier alpha value is -3.36. The summed E-state index contributed by atoms with van der Waals surface area (Å²) in [5, 5.41) is 7.12. The molecule has 3 rings (SSSR count). The van der Waals surface area contributed by atoms with E-state index in [0.29, 0.717) is 6.42 Å². The van der Waals surface area contributed by atoms with Crippen molar-refractivity contribution in [3.63, 3.8) is 0 Å². The molecule has 6 nitrogen and oxygen atoms in total. The third-order valence-electron chi connectivity index (χ3n) is 4.25. The SMILES string of the molecule is Cc1ccc(-c2nc3ccc(C)cn3c2CC(=O)N(C)C)cc1.O=C(O)C(F)(F)F. The fourth-order valence-corrected chi connectivity index (χ4v) is 2.61. The predicted octanol–water partition coefficient (Wildman–Crippen LogP) is 3.88. The molecule has 0 aliphatic carbocycles. The summed E-state index contributed by atoms with van der Waals surface area (Å²) in [4.78, 5) is 27.5. The molecule has 2 heterocycles. The number of hydrogen-bond acceptors (Lipinski definition) is 3. The quantitative estimate of drug-likeness (QED) is 0.697. The van der Waals surface area contributed by atoms with Crippen molar-refractivity contribution in [2.45, 2.75) is 26.4 Å². The van der Waals surface area contributed by atoms with Gasteiger partial charge in [0.05, 0.1) is 17.8 Å². The molecule has 0 atom stereocenters. The highest BCUT2D eigenvalue weighted by atomic mass is 19.4. The van der Waals surface area contributed by atoms with Crippen LogP contribution in [0.1, 0.15) is 16.8 Å². The maximum Gasteiger partial charge on any atom is 0.490 e. The number of aromatic nitrogens is 2. The highest BCUT2D eigenvalue weighted by Crippen LogP contribution is 2.26. The third kappa shape index (κ3) is 5.59. The van der Waals surface area contributed by atoms with Gasteiger partial charge in [-0.15, -0.1) is 0 Å². The van der Waals surface area contributed by atoms with Gasteiger partial charge in [-0.3, -0.25) is 4.79 Å². The zero-order valence-corrected chi connectivity index (χ0v) is 17.0. The summed E-state index contributed by atoms with van der Waals surface area (Å²) < 4.78 is 33.8. The smallest absolute Gasteiger partial charge is 0.475 e. The standard InChI is InChI=1S/C19H21N3O.C2HF3O2/c1-13-5-8-15(9-6-13)19-16(11-18(23)21(3)4)22-12-14(2)7-10-17(22)20-19;3-2(4,5)1(6)7/h5-10,12H,11H2,1-4H3;(H,6,7). The van der Waals surface area contributed by atoms with Crippen molar-refractivity contribution in [1.82, 2.24) is 14.3 Å². The molecule has 0 unspecified atom stereocenters. The number of fused-ring (bicyclic) bond motifs is 1. The Kier molecular flexibility index (Phi) is 6.86. The summed E-state index contributed by atoms with van der Waals surface area (Å²) in [5.41, 5.74) is 6.08. The molecule has 0 radical (unpaired) electrons. The lowest BCUT2D eigenvalue weighted by Gasteiger charge is -2.11. The highest BCUT2D eigenvalue weighted by molar-refractivity contribution is 5.81. The number of aliphatic carboxylic acids is 1. The number of carboxylic acids is 1.